The summed E-state index contributed by atoms with van der Waals surface area (Å²) in [6.45, 7) is 6.11. The lowest BCUT2D eigenvalue weighted by Gasteiger charge is -2.44. The number of furan rings is 1. The van der Waals surface area contributed by atoms with Crippen molar-refractivity contribution in [1.29, 1.82) is 0 Å². The Labute approximate surface area is 206 Å². The van der Waals surface area contributed by atoms with E-state index in [1.165, 1.54) is 19.3 Å². The lowest BCUT2D eigenvalue weighted by Crippen LogP contribution is -2.65. The summed E-state index contributed by atoms with van der Waals surface area (Å²) in [5, 5.41) is 7.98. The standard InChI is InChI=1S/C28H34N4O3/c1-19-13-14-20(2)23(16-19)32-26(33)24-17-22(25-12-9-15-35-25)30-31(24)18-28(32,3)27(34)29-21-10-7-5-4-6-8-11-21/h9,12-17,21H,4-8,10-11,18H2,1-3H3,(H,29,34)/t28-/m0/s1. The monoisotopic (exact) mass is 474 g/mol. The van der Waals surface area contributed by atoms with Crippen LogP contribution in [0.3, 0.4) is 0 Å². The van der Waals surface area contributed by atoms with Gasteiger partial charge in [0.15, 0.2) is 5.76 Å². The third kappa shape index (κ3) is 4.40. The van der Waals surface area contributed by atoms with Gasteiger partial charge in [-0.25, -0.2) is 0 Å². The summed E-state index contributed by atoms with van der Waals surface area (Å²) in [7, 11) is 0. The number of carbonyl (C=O) groups is 2. The first-order chi connectivity index (χ1) is 16.9. The summed E-state index contributed by atoms with van der Waals surface area (Å²) >= 11 is 0. The minimum atomic E-state index is -1.13. The van der Waals surface area contributed by atoms with E-state index in [1.807, 2.05) is 45.0 Å². The smallest absolute Gasteiger partial charge is 0.277 e. The molecule has 1 N–H and O–H groups in total. The Balaban J connectivity index is 1.55. The maximum atomic E-state index is 14.0. The Morgan fingerprint density at radius 3 is 2.54 bits per heavy atom. The first kappa shape index (κ1) is 23.4. The van der Waals surface area contributed by atoms with Gasteiger partial charge in [0.2, 0.25) is 5.91 Å². The highest BCUT2D eigenvalue weighted by Gasteiger charge is 2.49. The van der Waals surface area contributed by atoms with Crippen LogP contribution in [-0.4, -0.2) is 33.2 Å². The van der Waals surface area contributed by atoms with E-state index in [2.05, 4.69) is 10.4 Å². The van der Waals surface area contributed by atoms with Gasteiger partial charge in [-0.2, -0.15) is 5.10 Å². The van der Waals surface area contributed by atoms with Gasteiger partial charge < -0.3 is 9.73 Å². The fourth-order valence-electron chi connectivity index (χ4n) is 5.41. The summed E-state index contributed by atoms with van der Waals surface area (Å²) in [6, 6.07) is 11.5. The molecule has 5 rings (SSSR count). The van der Waals surface area contributed by atoms with E-state index >= 15 is 0 Å². The van der Waals surface area contributed by atoms with Crippen LogP contribution in [0.25, 0.3) is 11.5 Å². The van der Waals surface area contributed by atoms with E-state index in [1.54, 1.807) is 28.0 Å². The first-order valence-corrected chi connectivity index (χ1v) is 12.7. The molecule has 35 heavy (non-hydrogen) atoms. The topological polar surface area (TPSA) is 80.4 Å². The van der Waals surface area contributed by atoms with Crippen molar-refractivity contribution in [2.45, 2.75) is 83.8 Å². The predicted octanol–water partition coefficient (Wildman–Crippen LogP) is 5.41. The maximum Gasteiger partial charge on any atom is 0.277 e. The van der Waals surface area contributed by atoms with Crippen LogP contribution in [0.4, 0.5) is 5.69 Å². The summed E-state index contributed by atoms with van der Waals surface area (Å²) in [5.41, 5.74) is 2.66. The second kappa shape index (κ2) is 9.36. The van der Waals surface area contributed by atoms with Gasteiger partial charge in [0.05, 0.1) is 12.8 Å². The number of hydrogen-bond acceptors (Lipinski definition) is 4. The highest BCUT2D eigenvalue weighted by molar-refractivity contribution is 6.12. The Morgan fingerprint density at radius 1 is 1.09 bits per heavy atom. The van der Waals surface area contributed by atoms with Crippen LogP contribution in [0, 0.1) is 13.8 Å². The molecular weight excluding hydrogens is 440 g/mol. The van der Waals surface area contributed by atoms with Gasteiger partial charge in [-0.1, -0.05) is 44.2 Å². The van der Waals surface area contributed by atoms with Crippen molar-refractivity contribution in [2.75, 3.05) is 4.90 Å². The van der Waals surface area contributed by atoms with Crippen molar-refractivity contribution >= 4 is 17.5 Å². The molecule has 0 unspecified atom stereocenters. The molecular formula is C28H34N4O3. The predicted molar refractivity (Wildman–Crippen MR) is 135 cm³/mol. The Bertz CT molecular complexity index is 1220. The van der Waals surface area contributed by atoms with E-state index in [0.717, 1.165) is 42.5 Å². The number of aryl methyl sites for hydroxylation is 2. The molecule has 1 aromatic carbocycles. The molecule has 0 saturated heterocycles. The van der Waals surface area contributed by atoms with Crippen LogP contribution < -0.4 is 10.2 Å². The van der Waals surface area contributed by atoms with Gasteiger partial charge in [0.25, 0.3) is 5.91 Å². The molecule has 0 radical (unpaired) electrons. The maximum absolute atomic E-state index is 14.0. The quantitative estimate of drug-likeness (QED) is 0.548. The molecule has 1 fully saturated rings. The summed E-state index contributed by atoms with van der Waals surface area (Å²) in [6.07, 6.45) is 9.49. The van der Waals surface area contributed by atoms with Crippen LogP contribution in [0.1, 0.15) is 73.5 Å². The molecule has 184 valence electrons. The second-order valence-electron chi connectivity index (χ2n) is 10.3. The zero-order chi connectivity index (χ0) is 24.6. The molecule has 1 aliphatic carbocycles. The highest BCUT2D eigenvalue weighted by Crippen LogP contribution is 2.36. The molecule has 1 atom stereocenters. The van der Waals surface area contributed by atoms with Crippen LogP contribution in [0.5, 0.6) is 0 Å². The van der Waals surface area contributed by atoms with Crippen molar-refractivity contribution in [3.05, 3.63) is 59.5 Å². The Kier molecular flexibility index (Phi) is 6.26. The highest BCUT2D eigenvalue weighted by atomic mass is 16.3. The van der Waals surface area contributed by atoms with E-state index in [4.69, 9.17) is 4.42 Å². The molecule has 1 saturated carbocycles. The number of rotatable bonds is 4. The van der Waals surface area contributed by atoms with E-state index in [9.17, 15) is 9.59 Å². The van der Waals surface area contributed by atoms with E-state index < -0.39 is 5.54 Å². The third-order valence-corrected chi connectivity index (χ3v) is 7.46. The lowest BCUT2D eigenvalue weighted by atomic mass is 9.91. The molecule has 2 aliphatic rings. The number of benzene rings is 1. The number of carbonyl (C=O) groups excluding carboxylic acids is 2. The van der Waals surface area contributed by atoms with Crippen LogP contribution >= 0.6 is 0 Å². The van der Waals surface area contributed by atoms with E-state index in [0.29, 0.717) is 17.1 Å². The molecule has 7 nitrogen and oxygen atoms in total. The average molecular weight is 475 g/mol. The van der Waals surface area contributed by atoms with Gasteiger partial charge in [-0.05, 0) is 62.9 Å². The molecule has 0 bridgehead atoms. The van der Waals surface area contributed by atoms with Crippen LogP contribution in [0.15, 0.2) is 47.1 Å². The summed E-state index contributed by atoms with van der Waals surface area (Å²) < 4.78 is 7.19. The molecule has 2 amide bonds. The van der Waals surface area contributed by atoms with Gasteiger partial charge >= 0.3 is 0 Å². The van der Waals surface area contributed by atoms with Gasteiger partial charge in [0.1, 0.15) is 16.9 Å². The zero-order valence-corrected chi connectivity index (χ0v) is 20.8. The van der Waals surface area contributed by atoms with Crippen molar-refractivity contribution in [1.82, 2.24) is 15.1 Å². The minimum Gasteiger partial charge on any atom is -0.463 e. The number of aromatic nitrogens is 2. The molecule has 3 heterocycles. The fraction of sp³-hybridized carbons (Fsp3) is 0.464. The SMILES string of the molecule is Cc1ccc(C)c(N2C(=O)c3cc(-c4ccco4)nn3C[C@@]2(C)C(=O)NC2CCCCCCC2)c1. The van der Waals surface area contributed by atoms with Gasteiger partial charge in [-0.15, -0.1) is 0 Å². The van der Waals surface area contributed by atoms with Gasteiger partial charge in [-0.3, -0.25) is 19.2 Å². The molecule has 1 aliphatic heterocycles. The Morgan fingerprint density at radius 2 is 1.83 bits per heavy atom. The summed E-state index contributed by atoms with van der Waals surface area (Å²) in [4.78, 5) is 29.7. The number of hydrogen-bond donors (Lipinski definition) is 1. The zero-order valence-electron chi connectivity index (χ0n) is 20.8. The fourth-order valence-corrected chi connectivity index (χ4v) is 5.41. The van der Waals surface area contributed by atoms with Crippen molar-refractivity contribution < 1.29 is 14.0 Å². The van der Waals surface area contributed by atoms with E-state index in [-0.39, 0.29) is 24.4 Å². The Hall–Kier alpha value is -3.35. The summed E-state index contributed by atoms with van der Waals surface area (Å²) in [5.74, 6) is 0.238. The molecule has 3 aromatic rings. The van der Waals surface area contributed by atoms with Crippen molar-refractivity contribution in [3.8, 4) is 11.5 Å². The van der Waals surface area contributed by atoms with Crippen LogP contribution in [-0.2, 0) is 11.3 Å². The van der Waals surface area contributed by atoms with Crippen LogP contribution in [0.2, 0.25) is 0 Å². The average Bonchev–Trinajstić information content (AvgIpc) is 3.48. The lowest BCUT2D eigenvalue weighted by molar-refractivity contribution is -0.127. The molecule has 0 spiro atoms. The molecule has 2 aromatic heterocycles. The number of anilines is 1. The number of fused-ring (bicyclic) bond motifs is 1. The van der Waals surface area contributed by atoms with Crippen molar-refractivity contribution in [3.63, 3.8) is 0 Å². The second-order valence-corrected chi connectivity index (χ2v) is 10.3. The normalized spacial score (nSPS) is 21.3. The third-order valence-electron chi connectivity index (χ3n) is 7.46. The first-order valence-electron chi connectivity index (χ1n) is 12.7. The molecule has 7 heteroatoms. The number of nitrogens with one attached hydrogen (secondary N) is 1. The largest absolute Gasteiger partial charge is 0.463 e. The van der Waals surface area contributed by atoms with Gasteiger partial charge in [0, 0.05) is 17.8 Å². The van der Waals surface area contributed by atoms with Crippen molar-refractivity contribution in [2.24, 2.45) is 0 Å². The number of amides is 2. The number of nitrogens with zero attached hydrogens (tertiary/aromatic N) is 3. The minimum absolute atomic E-state index is 0.127.